The Morgan fingerprint density at radius 3 is 1.32 bits per heavy atom. The van der Waals surface area contributed by atoms with Gasteiger partial charge in [0.05, 0.1) is 0 Å². The number of hydrogen-bond acceptors (Lipinski definition) is 3. The van der Waals surface area contributed by atoms with Crippen LogP contribution in [0, 0.1) is 0 Å². The zero-order valence-electron chi connectivity index (χ0n) is 28.7. The lowest BCUT2D eigenvalue weighted by atomic mass is 9.90. The highest BCUT2D eigenvalue weighted by atomic mass is 16.5. The number of ether oxygens (including phenoxy) is 1. The molecule has 0 saturated carbocycles. The van der Waals surface area contributed by atoms with Crippen LogP contribution in [-0.4, -0.2) is 11.8 Å². The molecule has 0 fully saturated rings. The molecule has 2 N–H and O–H groups in total. The first kappa shape index (κ1) is 35.6. The second kappa shape index (κ2) is 18.8. The largest absolute Gasteiger partial charge is 0.356 e. The molecule has 5 nitrogen and oxygen atoms in total. The SMILES string of the molecule is CCCCc1ccc(NC(=O)CCC)cc1C(OC(c1ccccc1)c1cc(NC(=O)CCC)ccc1CCCC)c1ccccc1. The summed E-state index contributed by atoms with van der Waals surface area (Å²) in [5.74, 6) is 0.0307. The maximum atomic E-state index is 12.7. The van der Waals surface area contributed by atoms with Gasteiger partial charge < -0.3 is 15.4 Å². The summed E-state index contributed by atoms with van der Waals surface area (Å²) < 4.78 is 7.43. The van der Waals surface area contributed by atoms with Gasteiger partial charge in [0.15, 0.2) is 0 Å². The molecule has 0 aliphatic rings. The van der Waals surface area contributed by atoms with Crippen molar-refractivity contribution in [2.24, 2.45) is 0 Å². The molecule has 0 bridgehead atoms. The van der Waals surface area contributed by atoms with Crippen LogP contribution >= 0.6 is 0 Å². The van der Waals surface area contributed by atoms with E-state index in [0.717, 1.165) is 85.0 Å². The number of anilines is 2. The number of benzene rings is 4. The van der Waals surface area contributed by atoms with Crippen LogP contribution in [0.1, 0.15) is 125 Å². The first-order chi connectivity index (χ1) is 23.0. The van der Waals surface area contributed by atoms with Gasteiger partial charge in [0.1, 0.15) is 12.2 Å². The molecule has 0 aliphatic heterocycles. The van der Waals surface area contributed by atoms with Crippen molar-refractivity contribution in [3.63, 3.8) is 0 Å². The van der Waals surface area contributed by atoms with Crippen LogP contribution in [0.15, 0.2) is 97.1 Å². The third kappa shape index (κ3) is 10.4. The molecule has 47 heavy (non-hydrogen) atoms. The molecule has 0 spiro atoms. The molecule has 4 aromatic rings. The van der Waals surface area contributed by atoms with Crippen LogP contribution in [0.25, 0.3) is 0 Å². The number of hydrogen-bond donors (Lipinski definition) is 2. The predicted molar refractivity (Wildman–Crippen MR) is 195 cm³/mol. The van der Waals surface area contributed by atoms with Gasteiger partial charge in [-0.1, -0.05) is 113 Å². The Morgan fingerprint density at radius 2 is 0.957 bits per heavy atom. The van der Waals surface area contributed by atoms with Crippen molar-refractivity contribution in [1.82, 2.24) is 0 Å². The lowest BCUT2D eigenvalue weighted by Crippen LogP contribution is -2.18. The fourth-order valence-electron chi connectivity index (χ4n) is 5.98. The van der Waals surface area contributed by atoms with Crippen molar-refractivity contribution in [2.75, 3.05) is 10.6 Å². The van der Waals surface area contributed by atoms with E-state index in [2.05, 4.69) is 97.3 Å². The van der Waals surface area contributed by atoms with Gasteiger partial charge in [0.25, 0.3) is 0 Å². The average molecular weight is 633 g/mol. The van der Waals surface area contributed by atoms with Crippen LogP contribution in [0.5, 0.6) is 0 Å². The zero-order chi connectivity index (χ0) is 33.4. The van der Waals surface area contributed by atoms with Gasteiger partial charge >= 0.3 is 0 Å². The summed E-state index contributed by atoms with van der Waals surface area (Å²) in [6, 6.07) is 33.3. The van der Waals surface area contributed by atoms with Gasteiger partial charge in [-0.05, 0) is 96.2 Å². The second-order valence-electron chi connectivity index (χ2n) is 12.3. The van der Waals surface area contributed by atoms with Gasteiger partial charge in [-0.2, -0.15) is 0 Å². The quantitative estimate of drug-likeness (QED) is 0.115. The second-order valence-corrected chi connectivity index (χ2v) is 12.3. The Morgan fingerprint density at radius 1 is 0.553 bits per heavy atom. The van der Waals surface area contributed by atoms with E-state index in [0.29, 0.717) is 12.8 Å². The molecular formula is C42H52N2O3. The van der Waals surface area contributed by atoms with Crippen molar-refractivity contribution >= 4 is 23.2 Å². The van der Waals surface area contributed by atoms with Gasteiger partial charge in [0, 0.05) is 24.2 Å². The minimum atomic E-state index is -0.409. The number of nitrogens with one attached hydrogen (secondary N) is 2. The third-order valence-corrected chi connectivity index (χ3v) is 8.45. The summed E-state index contributed by atoms with van der Waals surface area (Å²) in [5.41, 5.74) is 8.20. The van der Waals surface area contributed by atoms with Crippen LogP contribution in [0.4, 0.5) is 11.4 Å². The lowest BCUT2D eigenvalue weighted by molar-refractivity contribution is -0.117. The maximum Gasteiger partial charge on any atom is 0.224 e. The molecule has 4 rings (SSSR count). The fourth-order valence-corrected chi connectivity index (χ4v) is 5.98. The minimum Gasteiger partial charge on any atom is -0.356 e. The maximum absolute atomic E-state index is 12.7. The van der Waals surface area contributed by atoms with Gasteiger partial charge in [-0.25, -0.2) is 0 Å². The van der Waals surface area contributed by atoms with E-state index in [1.54, 1.807) is 0 Å². The normalized spacial score (nSPS) is 12.3. The molecule has 0 aliphatic carbocycles. The van der Waals surface area contributed by atoms with E-state index in [9.17, 15) is 9.59 Å². The molecule has 2 unspecified atom stereocenters. The summed E-state index contributed by atoms with van der Waals surface area (Å²) in [4.78, 5) is 25.3. The summed E-state index contributed by atoms with van der Waals surface area (Å²) in [7, 11) is 0. The summed E-state index contributed by atoms with van der Waals surface area (Å²) >= 11 is 0. The van der Waals surface area contributed by atoms with E-state index in [1.165, 1.54) is 11.1 Å². The monoisotopic (exact) mass is 632 g/mol. The molecule has 0 saturated heterocycles. The molecule has 2 amide bonds. The van der Waals surface area contributed by atoms with E-state index in [1.807, 2.05) is 38.1 Å². The highest BCUT2D eigenvalue weighted by Crippen LogP contribution is 2.40. The van der Waals surface area contributed by atoms with E-state index in [4.69, 9.17) is 4.74 Å². The number of aryl methyl sites for hydroxylation is 2. The average Bonchev–Trinajstić information content (AvgIpc) is 3.08. The van der Waals surface area contributed by atoms with Crippen molar-refractivity contribution in [3.05, 3.63) is 130 Å². The number of rotatable bonds is 18. The third-order valence-electron chi connectivity index (χ3n) is 8.45. The highest BCUT2D eigenvalue weighted by molar-refractivity contribution is 5.91. The van der Waals surface area contributed by atoms with Crippen LogP contribution in [0.3, 0.4) is 0 Å². The Kier molecular flexibility index (Phi) is 14.3. The Balaban J connectivity index is 1.89. The molecule has 2 atom stereocenters. The number of amides is 2. The standard InChI is InChI=1S/C42H52N2O3/c1-5-9-19-31-25-27-35(43-39(45)17-7-3)29-37(31)41(33-21-13-11-14-22-33)47-42(34-23-15-12-16-24-34)38-30-36(44-40(46)18-8-4)28-26-32(38)20-10-6-2/h11-16,21-30,41-42H,5-10,17-20H2,1-4H3,(H,43,45)(H,44,46). The van der Waals surface area contributed by atoms with Crippen LogP contribution < -0.4 is 10.6 Å². The topological polar surface area (TPSA) is 67.4 Å². The summed E-state index contributed by atoms with van der Waals surface area (Å²) in [6.45, 7) is 8.45. The van der Waals surface area contributed by atoms with E-state index >= 15 is 0 Å². The highest BCUT2D eigenvalue weighted by Gasteiger charge is 2.27. The van der Waals surface area contributed by atoms with Crippen molar-refractivity contribution in [3.8, 4) is 0 Å². The van der Waals surface area contributed by atoms with Crippen LogP contribution in [-0.2, 0) is 27.2 Å². The fraction of sp³-hybridized carbons (Fsp3) is 0.381. The zero-order valence-corrected chi connectivity index (χ0v) is 28.7. The minimum absolute atomic E-state index is 0.0154. The molecule has 0 heterocycles. The molecule has 5 heteroatoms. The molecule has 0 radical (unpaired) electrons. The van der Waals surface area contributed by atoms with Crippen molar-refractivity contribution in [1.29, 1.82) is 0 Å². The van der Waals surface area contributed by atoms with Crippen molar-refractivity contribution < 1.29 is 14.3 Å². The van der Waals surface area contributed by atoms with Gasteiger partial charge in [-0.3, -0.25) is 9.59 Å². The van der Waals surface area contributed by atoms with Crippen molar-refractivity contribution in [2.45, 2.75) is 104 Å². The molecule has 0 aromatic heterocycles. The number of carbonyl (C=O) groups excluding carboxylic acids is 2. The van der Waals surface area contributed by atoms with Crippen LogP contribution in [0.2, 0.25) is 0 Å². The lowest BCUT2D eigenvalue weighted by Gasteiger charge is -2.30. The predicted octanol–water partition coefficient (Wildman–Crippen LogP) is 10.7. The van der Waals surface area contributed by atoms with Gasteiger partial charge in [0.2, 0.25) is 11.8 Å². The summed E-state index contributed by atoms with van der Waals surface area (Å²) in [6.07, 6.45) is 7.82. The smallest absolute Gasteiger partial charge is 0.224 e. The molecule has 248 valence electrons. The Labute approximate surface area is 282 Å². The molecule has 4 aromatic carbocycles. The molecular weight excluding hydrogens is 580 g/mol. The Hall–Kier alpha value is -4.22. The number of carbonyl (C=O) groups is 2. The van der Waals surface area contributed by atoms with Gasteiger partial charge in [-0.15, -0.1) is 0 Å². The summed E-state index contributed by atoms with van der Waals surface area (Å²) in [5, 5.41) is 6.25. The van der Waals surface area contributed by atoms with E-state index < -0.39 is 12.2 Å². The van der Waals surface area contributed by atoms with E-state index in [-0.39, 0.29) is 11.8 Å². The number of unbranched alkanes of at least 4 members (excludes halogenated alkanes) is 2. The first-order valence-corrected chi connectivity index (χ1v) is 17.6. The Bertz CT molecular complexity index is 1430. The first-order valence-electron chi connectivity index (χ1n) is 17.6.